The van der Waals surface area contributed by atoms with E-state index in [-0.39, 0.29) is 12.1 Å². The van der Waals surface area contributed by atoms with E-state index in [0.29, 0.717) is 25.9 Å². The van der Waals surface area contributed by atoms with Crippen LogP contribution in [-0.4, -0.2) is 42.4 Å². The summed E-state index contributed by atoms with van der Waals surface area (Å²) in [7, 11) is 0. The molecule has 3 rings (SSSR count). The van der Waals surface area contributed by atoms with Crippen LogP contribution in [0.1, 0.15) is 18.4 Å². The van der Waals surface area contributed by atoms with Crippen LogP contribution in [-0.2, 0) is 16.0 Å². The molecule has 21 heavy (non-hydrogen) atoms. The van der Waals surface area contributed by atoms with Gasteiger partial charge in [0.2, 0.25) is 0 Å². The number of hydrogen-bond donors (Lipinski definition) is 2. The van der Waals surface area contributed by atoms with Crippen molar-refractivity contribution in [1.82, 2.24) is 5.32 Å². The molecule has 6 nitrogen and oxygen atoms in total. The fourth-order valence-corrected chi connectivity index (χ4v) is 2.88. The van der Waals surface area contributed by atoms with Crippen molar-refractivity contribution in [3.8, 4) is 0 Å². The lowest BCUT2D eigenvalue weighted by molar-refractivity contribution is -0.149. The van der Waals surface area contributed by atoms with Crippen LogP contribution in [0.15, 0.2) is 24.3 Å². The predicted molar refractivity (Wildman–Crippen MR) is 76.4 cm³/mol. The molecule has 2 N–H and O–H groups in total. The summed E-state index contributed by atoms with van der Waals surface area (Å²) in [6.45, 7) is 1.02. The third-order valence-corrected chi connectivity index (χ3v) is 4.00. The fraction of sp³-hybridized carbons (Fsp3) is 0.467. The topological polar surface area (TPSA) is 78.9 Å². The highest BCUT2D eigenvalue weighted by molar-refractivity contribution is 5.94. The second kappa shape index (κ2) is 5.73. The number of aliphatic carboxylic acids is 1. The van der Waals surface area contributed by atoms with E-state index in [1.54, 1.807) is 4.90 Å². The molecule has 2 atom stereocenters. The molecule has 112 valence electrons. The number of nitrogens with zero attached hydrogens (tertiary/aromatic N) is 1. The van der Waals surface area contributed by atoms with Gasteiger partial charge in [-0.2, -0.15) is 0 Å². The Labute approximate surface area is 122 Å². The summed E-state index contributed by atoms with van der Waals surface area (Å²) in [5, 5.41) is 11.7. The molecule has 2 amide bonds. The normalized spacial score (nSPS) is 23.9. The third kappa shape index (κ3) is 2.85. The third-order valence-electron chi connectivity index (χ3n) is 4.00. The molecular formula is C15H18N2O4. The highest BCUT2D eigenvalue weighted by Gasteiger charge is 2.31. The Kier molecular flexibility index (Phi) is 3.79. The smallest absolute Gasteiger partial charge is 0.332 e. The highest BCUT2D eigenvalue weighted by atomic mass is 16.5. The second-order valence-electron chi connectivity index (χ2n) is 5.38. The van der Waals surface area contributed by atoms with E-state index < -0.39 is 12.1 Å². The lowest BCUT2D eigenvalue weighted by Crippen LogP contribution is -2.42. The van der Waals surface area contributed by atoms with Gasteiger partial charge in [-0.1, -0.05) is 18.2 Å². The van der Waals surface area contributed by atoms with Gasteiger partial charge in [0.05, 0.1) is 6.10 Å². The first kappa shape index (κ1) is 13.9. The van der Waals surface area contributed by atoms with E-state index in [4.69, 9.17) is 9.84 Å². The van der Waals surface area contributed by atoms with E-state index in [9.17, 15) is 9.59 Å². The van der Waals surface area contributed by atoms with Gasteiger partial charge in [0, 0.05) is 18.8 Å². The molecule has 6 heteroatoms. The fourth-order valence-electron chi connectivity index (χ4n) is 2.88. The maximum absolute atomic E-state index is 12.2. The molecule has 2 heterocycles. The van der Waals surface area contributed by atoms with Crippen molar-refractivity contribution in [2.24, 2.45) is 0 Å². The Balaban J connectivity index is 1.53. The van der Waals surface area contributed by atoms with E-state index in [2.05, 4.69) is 5.32 Å². The van der Waals surface area contributed by atoms with Crippen LogP contribution >= 0.6 is 0 Å². The number of carbonyl (C=O) groups is 2. The van der Waals surface area contributed by atoms with E-state index in [1.165, 1.54) is 5.56 Å². The molecule has 1 saturated heterocycles. The Morgan fingerprint density at radius 3 is 2.90 bits per heavy atom. The summed E-state index contributed by atoms with van der Waals surface area (Å²) in [6, 6.07) is 7.71. The highest BCUT2D eigenvalue weighted by Crippen LogP contribution is 2.27. The lowest BCUT2D eigenvalue weighted by Gasteiger charge is -2.19. The monoisotopic (exact) mass is 290 g/mol. The number of nitrogens with one attached hydrogen (secondary N) is 1. The summed E-state index contributed by atoms with van der Waals surface area (Å²) in [5.74, 6) is -0.933. The number of urea groups is 1. The molecule has 0 saturated carbocycles. The van der Waals surface area contributed by atoms with Gasteiger partial charge in [-0.25, -0.2) is 9.59 Å². The first-order valence-corrected chi connectivity index (χ1v) is 7.16. The SMILES string of the molecule is O=C(O)C1CCC(CNC(=O)N2CCc3ccccc32)O1. The summed E-state index contributed by atoms with van der Waals surface area (Å²) in [6.07, 6.45) is 1.08. The van der Waals surface area contributed by atoms with Crippen molar-refractivity contribution in [3.63, 3.8) is 0 Å². The average Bonchev–Trinajstić information content (AvgIpc) is 3.11. The molecule has 2 unspecified atom stereocenters. The van der Waals surface area contributed by atoms with Crippen LogP contribution in [0.3, 0.4) is 0 Å². The number of fused-ring (bicyclic) bond motifs is 1. The van der Waals surface area contributed by atoms with Crippen LogP contribution in [0.25, 0.3) is 0 Å². The van der Waals surface area contributed by atoms with Crippen molar-refractivity contribution >= 4 is 17.7 Å². The molecule has 0 aliphatic carbocycles. The zero-order valence-electron chi connectivity index (χ0n) is 11.6. The number of amides is 2. The van der Waals surface area contributed by atoms with Crippen LogP contribution in [0, 0.1) is 0 Å². The predicted octanol–water partition coefficient (Wildman–Crippen LogP) is 1.39. The zero-order chi connectivity index (χ0) is 14.8. The molecular weight excluding hydrogens is 272 g/mol. The van der Waals surface area contributed by atoms with E-state index in [0.717, 1.165) is 12.1 Å². The zero-order valence-corrected chi connectivity index (χ0v) is 11.6. The Morgan fingerprint density at radius 1 is 1.33 bits per heavy atom. The van der Waals surface area contributed by atoms with Crippen LogP contribution < -0.4 is 10.2 Å². The second-order valence-corrected chi connectivity index (χ2v) is 5.38. The van der Waals surface area contributed by atoms with Crippen molar-refractivity contribution in [3.05, 3.63) is 29.8 Å². The summed E-state index contributed by atoms with van der Waals surface area (Å²) in [5.41, 5.74) is 2.13. The first-order valence-electron chi connectivity index (χ1n) is 7.16. The molecule has 0 aromatic heterocycles. The minimum atomic E-state index is -0.933. The number of carboxylic acid groups (broad SMARTS) is 1. The Morgan fingerprint density at radius 2 is 2.14 bits per heavy atom. The molecule has 0 radical (unpaired) electrons. The minimum Gasteiger partial charge on any atom is -0.479 e. The number of carbonyl (C=O) groups excluding carboxylic acids is 1. The van der Waals surface area contributed by atoms with Crippen LogP contribution in [0.2, 0.25) is 0 Å². The number of carboxylic acids is 1. The number of hydrogen-bond acceptors (Lipinski definition) is 3. The standard InChI is InChI=1S/C15H18N2O4/c18-14(19)13-6-5-11(21-13)9-16-15(20)17-8-7-10-3-1-2-4-12(10)17/h1-4,11,13H,5-9H2,(H,16,20)(H,18,19). The van der Waals surface area contributed by atoms with Gasteiger partial charge in [0.25, 0.3) is 0 Å². The van der Waals surface area contributed by atoms with Gasteiger partial charge in [-0.05, 0) is 30.9 Å². The Hall–Kier alpha value is -2.08. The van der Waals surface area contributed by atoms with Crippen LogP contribution in [0.4, 0.5) is 10.5 Å². The van der Waals surface area contributed by atoms with Gasteiger partial charge in [-0.15, -0.1) is 0 Å². The molecule has 1 aromatic rings. The van der Waals surface area contributed by atoms with Gasteiger partial charge in [0.1, 0.15) is 0 Å². The number of benzene rings is 1. The number of anilines is 1. The maximum atomic E-state index is 12.2. The molecule has 0 spiro atoms. The van der Waals surface area contributed by atoms with Gasteiger partial charge in [-0.3, -0.25) is 4.90 Å². The first-order chi connectivity index (χ1) is 10.1. The van der Waals surface area contributed by atoms with Crippen molar-refractivity contribution in [2.75, 3.05) is 18.0 Å². The van der Waals surface area contributed by atoms with Crippen molar-refractivity contribution in [2.45, 2.75) is 31.5 Å². The quantitative estimate of drug-likeness (QED) is 0.881. The van der Waals surface area contributed by atoms with Gasteiger partial charge >= 0.3 is 12.0 Å². The lowest BCUT2D eigenvalue weighted by atomic mass is 10.2. The average molecular weight is 290 g/mol. The molecule has 2 aliphatic heterocycles. The molecule has 1 fully saturated rings. The largest absolute Gasteiger partial charge is 0.479 e. The van der Waals surface area contributed by atoms with Crippen molar-refractivity contribution in [1.29, 1.82) is 0 Å². The molecule has 0 bridgehead atoms. The number of rotatable bonds is 3. The summed E-state index contributed by atoms with van der Waals surface area (Å²) in [4.78, 5) is 24.8. The van der Waals surface area contributed by atoms with E-state index in [1.807, 2.05) is 24.3 Å². The summed E-state index contributed by atoms with van der Waals surface area (Å²) >= 11 is 0. The van der Waals surface area contributed by atoms with E-state index >= 15 is 0 Å². The van der Waals surface area contributed by atoms with Gasteiger partial charge < -0.3 is 15.2 Å². The molecule has 1 aromatic carbocycles. The maximum Gasteiger partial charge on any atom is 0.332 e. The minimum absolute atomic E-state index is 0.151. The number of para-hydroxylation sites is 1. The number of ether oxygens (including phenoxy) is 1. The Bertz CT molecular complexity index is 560. The van der Waals surface area contributed by atoms with Crippen LogP contribution in [0.5, 0.6) is 0 Å². The molecule has 2 aliphatic rings. The van der Waals surface area contributed by atoms with Gasteiger partial charge in [0.15, 0.2) is 6.10 Å². The van der Waals surface area contributed by atoms with Crippen molar-refractivity contribution < 1.29 is 19.4 Å². The summed E-state index contributed by atoms with van der Waals surface area (Å²) < 4.78 is 5.37.